The lowest BCUT2D eigenvalue weighted by Crippen LogP contribution is -2.46. The van der Waals surface area contributed by atoms with Crippen LogP contribution in [0.3, 0.4) is 0 Å². The molecule has 1 aromatic carbocycles. The van der Waals surface area contributed by atoms with Crippen LogP contribution in [0.25, 0.3) is 0 Å². The van der Waals surface area contributed by atoms with E-state index < -0.39 is 11.4 Å². The van der Waals surface area contributed by atoms with Crippen molar-refractivity contribution in [1.82, 2.24) is 4.90 Å². The summed E-state index contributed by atoms with van der Waals surface area (Å²) in [6.07, 6.45) is 2.60. The van der Waals surface area contributed by atoms with E-state index in [2.05, 4.69) is 15.9 Å². The van der Waals surface area contributed by atoms with E-state index in [0.717, 1.165) is 10.9 Å². The molecular formula is C16H20BrNO3. The summed E-state index contributed by atoms with van der Waals surface area (Å²) < 4.78 is 0.777. The highest BCUT2D eigenvalue weighted by Crippen LogP contribution is 2.37. The van der Waals surface area contributed by atoms with Gasteiger partial charge in [0, 0.05) is 17.6 Å². The van der Waals surface area contributed by atoms with Crippen LogP contribution in [0.15, 0.2) is 28.7 Å². The number of carbonyl (C=O) groups is 2. The van der Waals surface area contributed by atoms with Crippen LogP contribution in [0, 0.1) is 5.41 Å². The van der Waals surface area contributed by atoms with E-state index in [1.807, 2.05) is 25.1 Å². The standard InChI is InChI=1S/C16H20BrNO3/c1-2-7-16(15(20)21)8-10-18(11-9-16)14(19)12-5-3-4-6-13(12)17/h3-6H,2,7-11H2,1H3,(H,20,21). The van der Waals surface area contributed by atoms with Gasteiger partial charge in [0.2, 0.25) is 0 Å². The zero-order chi connectivity index (χ0) is 15.5. The van der Waals surface area contributed by atoms with Crippen LogP contribution >= 0.6 is 15.9 Å². The average Bonchev–Trinajstić information content (AvgIpc) is 2.48. The molecule has 1 amide bonds. The Morgan fingerprint density at radius 2 is 1.90 bits per heavy atom. The molecule has 0 bridgehead atoms. The number of benzene rings is 1. The smallest absolute Gasteiger partial charge is 0.309 e. The van der Waals surface area contributed by atoms with E-state index in [0.29, 0.717) is 37.9 Å². The molecule has 0 spiro atoms. The molecule has 0 saturated carbocycles. The van der Waals surface area contributed by atoms with E-state index in [1.165, 1.54) is 0 Å². The van der Waals surface area contributed by atoms with E-state index in [9.17, 15) is 14.7 Å². The minimum atomic E-state index is -0.725. The minimum absolute atomic E-state index is 0.0297. The van der Waals surface area contributed by atoms with Gasteiger partial charge in [-0.15, -0.1) is 0 Å². The fourth-order valence-electron chi connectivity index (χ4n) is 2.99. The molecule has 1 aromatic rings. The molecule has 114 valence electrons. The third-order valence-corrected chi connectivity index (χ3v) is 4.99. The number of carboxylic acid groups (broad SMARTS) is 1. The highest BCUT2D eigenvalue weighted by atomic mass is 79.9. The molecule has 1 saturated heterocycles. The number of aliphatic carboxylic acids is 1. The van der Waals surface area contributed by atoms with Gasteiger partial charge in [-0.1, -0.05) is 25.5 Å². The molecule has 0 aromatic heterocycles. The Hall–Kier alpha value is -1.36. The number of carbonyl (C=O) groups excluding carboxylic acids is 1. The second-order valence-corrected chi connectivity index (χ2v) is 6.46. The van der Waals surface area contributed by atoms with Gasteiger partial charge in [-0.3, -0.25) is 9.59 Å². The number of halogens is 1. The first-order chi connectivity index (χ1) is 10.00. The summed E-state index contributed by atoms with van der Waals surface area (Å²) >= 11 is 3.39. The Morgan fingerprint density at radius 3 is 2.43 bits per heavy atom. The monoisotopic (exact) mass is 353 g/mol. The maximum Gasteiger partial charge on any atom is 0.309 e. The first kappa shape index (κ1) is 16.0. The molecular weight excluding hydrogens is 334 g/mol. The number of nitrogens with zero attached hydrogens (tertiary/aromatic N) is 1. The number of hydrogen-bond acceptors (Lipinski definition) is 2. The molecule has 2 rings (SSSR count). The third-order valence-electron chi connectivity index (χ3n) is 4.29. The van der Waals surface area contributed by atoms with E-state index >= 15 is 0 Å². The zero-order valence-corrected chi connectivity index (χ0v) is 13.7. The fraction of sp³-hybridized carbons (Fsp3) is 0.500. The van der Waals surface area contributed by atoms with Crippen molar-refractivity contribution in [1.29, 1.82) is 0 Å². The Balaban J connectivity index is 2.09. The number of amides is 1. The fourth-order valence-corrected chi connectivity index (χ4v) is 3.45. The summed E-state index contributed by atoms with van der Waals surface area (Å²) in [5, 5.41) is 9.49. The van der Waals surface area contributed by atoms with Crippen molar-refractivity contribution >= 4 is 27.8 Å². The first-order valence-corrected chi connectivity index (χ1v) is 8.07. The highest BCUT2D eigenvalue weighted by molar-refractivity contribution is 9.10. The summed E-state index contributed by atoms with van der Waals surface area (Å²) in [4.78, 5) is 25.8. The molecule has 0 unspecified atom stereocenters. The predicted molar refractivity (Wildman–Crippen MR) is 84.3 cm³/mol. The van der Waals surface area contributed by atoms with Crippen molar-refractivity contribution in [3.8, 4) is 0 Å². The lowest BCUT2D eigenvalue weighted by molar-refractivity contribution is -0.152. The normalized spacial score (nSPS) is 17.5. The topological polar surface area (TPSA) is 57.6 Å². The third kappa shape index (κ3) is 3.28. The van der Waals surface area contributed by atoms with Gasteiger partial charge in [-0.2, -0.15) is 0 Å². The second-order valence-electron chi connectivity index (χ2n) is 5.61. The van der Waals surface area contributed by atoms with Gasteiger partial charge in [0.1, 0.15) is 0 Å². The van der Waals surface area contributed by atoms with Crippen LogP contribution in [-0.2, 0) is 4.79 Å². The molecule has 1 N–H and O–H groups in total. The van der Waals surface area contributed by atoms with Gasteiger partial charge in [0.25, 0.3) is 5.91 Å². The Kier molecular flexibility index (Phi) is 5.04. The summed E-state index contributed by atoms with van der Waals surface area (Å²) in [7, 11) is 0. The summed E-state index contributed by atoms with van der Waals surface area (Å²) in [6.45, 7) is 3.02. The Morgan fingerprint density at radius 1 is 1.29 bits per heavy atom. The maximum atomic E-state index is 12.5. The number of hydrogen-bond donors (Lipinski definition) is 1. The largest absolute Gasteiger partial charge is 0.481 e. The van der Waals surface area contributed by atoms with E-state index in [-0.39, 0.29) is 5.91 Å². The highest BCUT2D eigenvalue weighted by Gasteiger charge is 2.41. The molecule has 21 heavy (non-hydrogen) atoms. The van der Waals surface area contributed by atoms with Gasteiger partial charge in [0.15, 0.2) is 0 Å². The number of likely N-dealkylation sites (tertiary alicyclic amines) is 1. The van der Waals surface area contributed by atoms with Gasteiger partial charge in [0.05, 0.1) is 11.0 Å². The van der Waals surface area contributed by atoms with Crippen molar-refractivity contribution in [3.63, 3.8) is 0 Å². The molecule has 1 heterocycles. The lowest BCUT2D eigenvalue weighted by atomic mass is 9.75. The number of carboxylic acids is 1. The van der Waals surface area contributed by atoms with Crippen LogP contribution in [0.2, 0.25) is 0 Å². The lowest BCUT2D eigenvalue weighted by Gasteiger charge is -2.39. The van der Waals surface area contributed by atoms with Crippen LogP contribution in [0.1, 0.15) is 43.0 Å². The SMILES string of the molecule is CCCC1(C(=O)O)CCN(C(=O)c2ccccc2Br)CC1. The van der Waals surface area contributed by atoms with Gasteiger partial charge in [-0.05, 0) is 47.3 Å². The molecule has 5 heteroatoms. The molecule has 0 atom stereocenters. The van der Waals surface area contributed by atoms with Crippen molar-refractivity contribution in [2.75, 3.05) is 13.1 Å². The summed E-state index contributed by atoms with van der Waals surface area (Å²) in [6, 6.07) is 7.33. The van der Waals surface area contributed by atoms with Crippen molar-refractivity contribution in [2.24, 2.45) is 5.41 Å². The summed E-state index contributed by atoms with van der Waals surface area (Å²) in [5.41, 5.74) is -0.0183. The second kappa shape index (κ2) is 6.60. The maximum absolute atomic E-state index is 12.5. The summed E-state index contributed by atoms with van der Waals surface area (Å²) in [5.74, 6) is -0.754. The quantitative estimate of drug-likeness (QED) is 0.900. The number of piperidine rings is 1. The van der Waals surface area contributed by atoms with Gasteiger partial charge >= 0.3 is 5.97 Å². The van der Waals surface area contributed by atoms with Gasteiger partial charge in [-0.25, -0.2) is 0 Å². The zero-order valence-electron chi connectivity index (χ0n) is 12.1. The minimum Gasteiger partial charge on any atom is -0.481 e. The Labute approximate surface area is 133 Å². The predicted octanol–water partition coefficient (Wildman–Crippen LogP) is 3.56. The molecule has 4 nitrogen and oxygen atoms in total. The van der Waals surface area contributed by atoms with Crippen molar-refractivity contribution in [3.05, 3.63) is 34.3 Å². The molecule has 1 aliphatic rings. The van der Waals surface area contributed by atoms with E-state index in [4.69, 9.17) is 0 Å². The van der Waals surface area contributed by atoms with Gasteiger partial charge < -0.3 is 10.0 Å². The van der Waals surface area contributed by atoms with Crippen molar-refractivity contribution < 1.29 is 14.7 Å². The average molecular weight is 354 g/mol. The molecule has 0 radical (unpaired) electrons. The van der Waals surface area contributed by atoms with E-state index in [1.54, 1.807) is 11.0 Å². The van der Waals surface area contributed by atoms with Crippen LogP contribution in [0.4, 0.5) is 0 Å². The van der Waals surface area contributed by atoms with Crippen LogP contribution < -0.4 is 0 Å². The molecule has 0 aliphatic carbocycles. The first-order valence-electron chi connectivity index (χ1n) is 7.27. The number of rotatable bonds is 4. The molecule has 1 aliphatic heterocycles. The molecule has 1 fully saturated rings. The van der Waals surface area contributed by atoms with Crippen LogP contribution in [0.5, 0.6) is 0 Å². The van der Waals surface area contributed by atoms with Crippen molar-refractivity contribution in [2.45, 2.75) is 32.6 Å². The Bertz CT molecular complexity index is 536. The van der Waals surface area contributed by atoms with Crippen LogP contribution in [-0.4, -0.2) is 35.0 Å².